The van der Waals surface area contributed by atoms with Crippen molar-refractivity contribution in [3.8, 4) is 5.75 Å². The van der Waals surface area contributed by atoms with E-state index in [-0.39, 0.29) is 0 Å². The zero-order valence-electron chi connectivity index (χ0n) is 13.6. The Morgan fingerprint density at radius 3 is 2.24 bits per heavy atom. The number of ether oxygens (including phenoxy) is 1. The van der Waals surface area contributed by atoms with Crippen molar-refractivity contribution in [2.24, 2.45) is 5.73 Å². The van der Waals surface area contributed by atoms with Gasteiger partial charge in [-0.15, -0.1) is 0 Å². The van der Waals surface area contributed by atoms with Crippen molar-refractivity contribution in [2.45, 2.75) is 71.8 Å². The number of nitrogens with two attached hydrogens (primary N) is 1. The van der Waals surface area contributed by atoms with Gasteiger partial charge in [-0.3, -0.25) is 0 Å². The zero-order valence-corrected chi connectivity index (χ0v) is 15.2. The number of hydrogen-bond acceptors (Lipinski definition) is 2. The van der Waals surface area contributed by atoms with Crippen LogP contribution in [0.2, 0.25) is 0 Å². The predicted molar refractivity (Wildman–Crippen MR) is 94.9 cm³/mol. The van der Waals surface area contributed by atoms with E-state index in [2.05, 4.69) is 41.9 Å². The van der Waals surface area contributed by atoms with E-state index < -0.39 is 0 Å². The smallest absolute Gasteiger partial charge is 0.126 e. The summed E-state index contributed by atoms with van der Waals surface area (Å²) >= 11 is 3.50. The van der Waals surface area contributed by atoms with Gasteiger partial charge >= 0.3 is 0 Å². The Balaban J connectivity index is 2.21. The van der Waals surface area contributed by atoms with Crippen molar-refractivity contribution in [3.63, 3.8) is 0 Å². The molecule has 3 heteroatoms. The molecule has 0 saturated heterocycles. The highest BCUT2D eigenvalue weighted by atomic mass is 79.9. The molecule has 0 bridgehead atoms. The highest BCUT2D eigenvalue weighted by molar-refractivity contribution is 9.10. The fraction of sp³-hybridized carbons (Fsp3) is 0.667. The van der Waals surface area contributed by atoms with Crippen LogP contribution in [-0.4, -0.2) is 6.61 Å². The molecule has 0 heterocycles. The highest BCUT2D eigenvalue weighted by Gasteiger charge is 2.07. The molecule has 0 aromatic heterocycles. The molecule has 0 fully saturated rings. The molecule has 0 radical (unpaired) electrons. The first-order valence-corrected chi connectivity index (χ1v) is 9.10. The maximum atomic E-state index is 5.96. The van der Waals surface area contributed by atoms with E-state index in [0.29, 0.717) is 6.54 Å². The monoisotopic (exact) mass is 355 g/mol. The molecule has 21 heavy (non-hydrogen) atoms. The maximum Gasteiger partial charge on any atom is 0.126 e. The molecule has 120 valence electrons. The molecule has 0 amide bonds. The first kappa shape index (κ1) is 18.5. The van der Waals surface area contributed by atoms with Gasteiger partial charge in [0.05, 0.1) is 6.61 Å². The summed E-state index contributed by atoms with van der Waals surface area (Å²) < 4.78 is 7.03. The summed E-state index contributed by atoms with van der Waals surface area (Å²) in [4.78, 5) is 0. The summed E-state index contributed by atoms with van der Waals surface area (Å²) in [6, 6.07) is 4.14. The van der Waals surface area contributed by atoms with Gasteiger partial charge in [-0.2, -0.15) is 0 Å². The van der Waals surface area contributed by atoms with Crippen LogP contribution in [-0.2, 0) is 6.54 Å². The minimum absolute atomic E-state index is 0.521. The molecule has 1 rings (SSSR count). The van der Waals surface area contributed by atoms with Crippen LogP contribution in [0.25, 0.3) is 0 Å². The van der Waals surface area contributed by atoms with Crippen LogP contribution < -0.4 is 10.5 Å². The van der Waals surface area contributed by atoms with Crippen LogP contribution in [0.15, 0.2) is 16.6 Å². The lowest BCUT2D eigenvalue weighted by Gasteiger charge is -2.14. The Morgan fingerprint density at radius 2 is 1.62 bits per heavy atom. The van der Waals surface area contributed by atoms with Gasteiger partial charge in [0.2, 0.25) is 0 Å². The molecule has 0 saturated carbocycles. The lowest BCUT2D eigenvalue weighted by molar-refractivity contribution is 0.299. The van der Waals surface area contributed by atoms with Crippen molar-refractivity contribution < 1.29 is 4.74 Å². The number of aryl methyl sites for hydroxylation is 1. The van der Waals surface area contributed by atoms with E-state index in [0.717, 1.165) is 34.4 Å². The van der Waals surface area contributed by atoms with Gasteiger partial charge in [0.25, 0.3) is 0 Å². The topological polar surface area (TPSA) is 35.2 Å². The van der Waals surface area contributed by atoms with Crippen molar-refractivity contribution in [1.29, 1.82) is 0 Å². The number of benzene rings is 1. The summed E-state index contributed by atoms with van der Waals surface area (Å²) in [5.41, 5.74) is 8.04. The molecular formula is C18H30BrNO. The fourth-order valence-electron chi connectivity index (χ4n) is 2.57. The average Bonchev–Trinajstić information content (AvgIpc) is 2.46. The molecule has 0 atom stereocenters. The van der Waals surface area contributed by atoms with Crippen LogP contribution in [0.4, 0.5) is 0 Å². The molecule has 2 nitrogen and oxygen atoms in total. The molecule has 0 unspecified atom stereocenters. The van der Waals surface area contributed by atoms with Gasteiger partial charge in [0.15, 0.2) is 0 Å². The SMILES string of the molecule is CCCCCCCCCCOc1c(C)cc(Br)cc1CN. The van der Waals surface area contributed by atoms with Gasteiger partial charge in [-0.05, 0) is 31.0 Å². The molecule has 1 aromatic carbocycles. The van der Waals surface area contributed by atoms with E-state index in [1.165, 1.54) is 44.9 Å². The molecule has 0 aliphatic heterocycles. The second-order valence-corrected chi connectivity index (χ2v) is 6.65. The lowest BCUT2D eigenvalue weighted by atomic mass is 10.1. The van der Waals surface area contributed by atoms with E-state index in [1.54, 1.807) is 0 Å². The first-order valence-electron chi connectivity index (χ1n) is 8.31. The van der Waals surface area contributed by atoms with Gasteiger partial charge in [0.1, 0.15) is 5.75 Å². The Kier molecular flexibility index (Phi) is 9.77. The van der Waals surface area contributed by atoms with Crippen LogP contribution >= 0.6 is 15.9 Å². The third-order valence-electron chi connectivity index (χ3n) is 3.78. The molecule has 2 N–H and O–H groups in total. The minimum atomic E-state index is 0.521. The van der Waals surface area contributed by atoms with Crippen molar-refractivity contribution in [1.82, 2.24) is 0 Å². The lowest BCUT2D eigenvalue weighted by Crippen LogP contribution is -2.05. The first-order chi connectivity index (χ1) is 10.2. The molecular weight excluding hydrogens is 326 g/mol. The predicted octanol–water partition coefficient (Wildman–Crippen LogP) is 5.74. The molecule has 0 aliphatic carbocycles. The summed E-state index contributed by atoms with van der Waals surface area (Å²) in [6.07, 6.45) is 10.6. The van der Waals surface area contributed by atoms with Crippen LogP contribution in [0.5, 0.6) is 5.75 Å². The number of unbranched alkanes of at least 4 members (excludes halogenated alkanes) is 7. The number of hydrogen-bond donors (Lipinski definition) is 1. The van der Waals surface area contributed by atoms with Gasteiger partial charge in [-0.25, -0.2) is 0 Å². The van der Waals surface area contributed by atoms with Crippen LogP contribution in [0, 0.1) is 6.92 Å². The van der Waals surface area contributed by atoms with Crippen molar-refractivity contribution in [3.05, 3.63) is 27.7 Å². The van der Waals surface area contributed by atoms with Gasteiger partial charge in [-0.1, -0.05) is 67.8 Å². The summed E-state index contributed by atoms with van der Waals surface area (Å²) in [7, 11) is 0. The molecule has 1 aromatic rings. The summed E-state index contributed by atoms with van der Waals surface area (Å²) in [5, 5.41) is 0. The van der Waals surface area contributed by atoms with Crippen molar-refractivity contribution >= 4 is 15.9 Å². The Morgan fingerprint density at radius 1 is 1.00 bits per heavy atom. The second kappa shape index (κ2) is 11.1. The molecule has 0 spiro atoms. The maximum absolute atomic E-state index is 5.96. The third kappa shape index (κ3) is 7.32. The largest absolute Gasteiger partial charge is 0.493 e. The third-order valence-corrected chi connectivity index (χ3v) is 4.24. The molecule has 0 aliphatic rings. The van der Waals surface area contributed by atoms with Gasteiger partial charge in [0, 0.05) is 16.6 Å². The fourth-order valence-corrected chi connectivity index (χ4v) is 3.19. The summed E-state index contributed by atoms with van der Waals surface area (Å²) in [6.45, 7) is 5.65. The van der Waals surface area contributed by atoms with Crippen LogP contribution in [0.1, 0.15) is 69.4 Å². The minimum Gasteiger partial charge on any atom is -0.493 e. The number of halogens is 1. The van der Waals surface area contributed by atoms with E-state index >= 15 is 0 Å². The normalized spacial score (nSPS) is 10.9. The Labute approximate surface area is 138 Å². The number of rotatable bonds is 11. The van der Waals surface area contributed by atoms with Crippen LogP contribution in [0.3, 0.4) is 0 Å². The Bertz CT molecular complexity index is 406. The Hall–Kier alpha value is -0.540. The van der Waals surface area contributed by atoms with E-state index in [1.807, 2.05) is 0 Å². The van der Waals surface area contributed by atoms with Gasteiger partial charge < -0.3 is 10.5 Å². The highest BCUT2D eigenvalue weighted by Crippen LogP contribution is 2.28. The standard InChI is InChI=1S/C18H30BrNO/c1-3-4-5-6-7-8-9-10-11-21-18-15(2)12-17(19)13-16(18)14-20/h12-13H,3-11,14,20H2,1-2H3. The zero-order chi connectivity index (χ0) is 15.5. The van der Waals surface area contributed by atoms with Crippen molar-refractivity contribution in [2.75, 3.05) is 6.61 Å². The van der Waals surface area contributed by atoms with E-state index in [4.69, 9.17) is 10.5 Å². The summed E-state index contributed by atoms with van der Waals surface area (Å²) in [5.74, 6) is 0.976. The second-order valence-electron chi connectivity index (χ2n) is 5.74. The van der Waals surface area contributed by atoms with E-state index in [9.17, 15) is 0 Å². The average molecular weight is 356 g/mol. The quantitative estimate of drug-likeness (QED) is 0.514.